The summed E-state index contributed by atoms with van der Waals surface area (Å²) in [6.45, 7) is 1.20. The van der Waals surface area contributed by atoms with Crippen LogP contribution in [0.15, 0.2) is 23.1 Å². The van der Waals surface area contributed by atoms with Gasteiger partial charge in [-0.25, -0.2) is 13.6 Å². The summed E-state index contributed by atoms with van der Waals surface area (Å²) in [5.74, 6) is 0.0381. The van der Waals surface area contributed by atoms with Gasteiger partial charge in [-0.05, 0) is 31.5 Å². The molecule has 1 saturated heterocycles. The van der Waals surface area contributed by atoms with Crippen LogP contribution in [0.25, 0.3) is 0 Å². The monoisotopic (exact) mass is 301 g/mol. The fourth-order valence-electron chi connectivity index (χ4n) is 2.03. The van der Waals surface area contributed by atoms with E-state index >= 15 is 0 Å². The van der Waals surface area contributed by atoms with Crippen LogP contribution in [0.3, 0.4) is 0 Å². The van der Waals surface area contributed by atoms with Gasteiger partial charge in [0.25, 0.3) is 0 Å². The fraction of sp³-hybridized carbons (Fsp3) is 0.455. The van der Waals surface area contributed by atoms with Crippen molar-refractivity contribution in [1.82, 2.24) is 5.32 Å². The number of benzene rings is 1. The van der Waals surface area contributed by atoms with Gasteiger partial charge in [0.1, 0.15) is 6.61 Å². The number of nitrogens with zero attached hydrogens (tertiary/aromatic N) is 1. The van der Waals surface area contributed by atoms with Crippen molar-refractivity contribution in [3.05, 3.63) is 28.3 Å². The van der Waals surface area contributed by atoms with E-state index in [2.05, 4.69) is 5.32 Å². The van der Waals surface area contributed by atoms with Crippen molar-refractivity contribution < 1.29 is 18.1 Å². The van der Waals surface area contributed by atoms with E-state index in [1.165, 1.54) is 12.1 Å². The van der Waals surface area contributed by atoms with Crippen LogP contribution in [0, 0.1) is 10.1 Å². The summed E-state index contributed by atoms with van der Waals surface area (Å²) in [6, 6.07) is 3.52. The summed E-state index contributed by atoms with van der Waals surface area (Å²) in [6.07, 6.45) is 1.99. The molecule has 2 rings (SSSR count). The SMILES string of the molecule is NS(=O)(=O)c1ccc(OCC2CCCN2)c([N+](=O)[O-])c1. The molecule has 8 nitrogen and oxygen atoms in total. The van der Waals surface area contributed by atoms with Gasteiger partial charge >= 0.3 is 5.69 Å². The van der Waals surface area contributed by atoms with Crippen LogP contribution in [-0.2, 0) is 10.0 Å². The second-order valence-electron chi connectivity index (χ2n) is 4.54. The van der Waals surface area contributed by atoms with Gasteiger partial charge in [0.15, 0.2) is 5.75 Å². The molecule has 0 amide bonds. The van der Waals surface area contributed by atoms with E-state index in [4.69, 9.17) is 9.88 Å². The van der Waals surface area contributed by atoms with Crippen LogP contribution in [0.1, 0.15) is 12.8 Å². The van der Waals surface area contributed by atoms with E-state index in [1.807, 2.05) is 0 Å². The van der Waals surface area contributed by atoms with E-state index < -0.39 is 20.6 Å². The van der Waals surface area contributed by atoms with E-state index in [-0.39, 0.29) is 16.7 Å². The first-order chi connectivity index (χ1) is 9.38. The largest absolute Gasteiger partial charge is 0.485 e. The molecule has 0 aliphatic carbocycles. The Balaban J connectivity index is 2.21. The summed E-state index contributed by atoms with van der Waals surface area (Å²) in [5, 5.41) is 19.1. The van der Waals surface area contributed by atoms with Crippen molar-refractivity contribution in [2.45, 2.75) is 23.8 Å². The van der Waals surface area contributed by atoms with Crippen LogP contribution in [-0.4, -0.2) is 32.5 Å². The Kier molecular flexibility index (Phi) is 4.21. The average Bonchev–Trinajstić information content (AvgIpc) is 2.88. The lowest BCUT2D eigenvalue weighted by Gasteiger charge is -2.12. The minimum absolute atomic E-state index is 0.0381. The molecule has 9 heteroatoms. The highest BCUT2D eigenvalue weighted by atomic mass is 32.2. The maximum atomic E-state index is 11.2. The Morgan fingerprint density at radius 3 is 2.80 bits per heavy atom. The standard InChI is InChI=1S/C11H15N3O5S/c12-20(17,18)9-3-4-11(10(6-9)14(15)16)19-7-8-2-1-5-13-8/h3-4,6,8,13H,1-2,5,7H2,(H2,12,17,18). The maximum Gasteiger partial charge on any atom is 0.312 e. The van der Waals surface area contributed by atoms with Crippen LogP contribution >= 0.6 is 0 Å². The molecule has 110 valence electrons. The van der Waals surface area contributed by atoms with E-state index in [0.29, 0.717) is 6.61 Å². The fourth-order valence-corrected chi connectivity index (χ4v) is 2.56. The molecule has 0 spiro atoms. The van der Waals surface area contributed by atoms with Gasteiger partial charge in [-0.15, -0.1) is 0 Å². The Hall–Kier alpha value is -1.71. The van der Waals surface area contributed by atoms with Crippen molar-refractivity contribution in [2.24, 2.45) is 5.14 Å². The highest BCUT2D eigenvalue weighted by Gasteiger charge is 2.22. The second-order valence-corrected chi connectivity index (χ2v) is 6.10. The number of rotatable bonds is 5. The van der Waals surface area contributed by atoms with Gasteiger partial charge in [-0.1, -0.05) is 0 Å². The number of sulfonamides is 1. The van der Waals surface area contributed by atoms with E-state index in [0.717, 1.165) is 25.5 Å². The molecular weight excluding hydrogens is 286 g/mol. The number of ether oxygens (including phenoxy) is 1. The predicted octanol–water partition coefficient (Wildman–Crippen LogP) is 0.373. The predicted molar refractivity (Wildman–Crippen MR) is 71.0 cm³/mol. The third-order valence-electron chi connectivity index (χ3n) is 3.06. The van der Waals surface area contributed by atoms with Gasteiger partial charge in [-0.3, -0.25) is 10.1 Å². The highest BCUT2D eigenvalue weighted by molar-refractivity contribution is 7.89. The average molecular weight is 301 g/mol. The quantitative estimate of drug-likeness (QED) is 0.598. The van der Waals surface area contributed by atoms with Crippen LogP contribution in [0.2, 0.25) is 0 Å². The Morgan fingerprint density at radius 1 is 1.50 bits per heavy atom. The molecule has 0 aromatic heterocycles. The number of nitro groups is 1. The van der Waals surface area contributed by atoms with E-state index in [9.17, 15) is 18.5 Å². The molecule has 1 heterocycles. The topological polar surface area (TPSA) is 125 Å². The van der Waals surface area contributed by atoms with Gasteiger partial charge in [0.05, 0.1) is 9.82 Å². The maximum absolute atomic E-state index is 11.2. The van der Waals surface area contributed by atoms with Crippen molar-refractivity contribution in [3.8, 4) is 5.75 Å². The Labute approximate surface area is 116 Å². The Morgan fingerprint density at radius 2 is 2.25 bits per heavy atom. The lowest BCUT2D eigenvalue weighted by molar-refractivity contribution is -0.386. The van der Waals surface area contributed by atoms with Gasteiger partial charge in [0.2, 0.25) is 10.0 Å². The number of hydrogen-bond donors (Lipinski definition) is 2. The zero-order chi connectivity index (χ0) is 14.8. The van der Waals surface area contributed by atoms with Gasteiger partial charge in [0, 0.05) is 12.1 Å². The first kappa shape index (κ1) is 14.7. The van der Waals surface area contributed by atoms with Crippen molar-refractivity contribution >= 4 is 15.7 Å². The molecule has 1 atom stereocenters. The minimum Gasteiger partial charge on any atom is -0.485 e. The molecule has 1 aliphatic rings. The third kappa shape index (κ3) is 3.44. The lowest BCUT2D eigenvalue weighted by atomic mass is 10.2. The summed E-state index contributed by atoms with van der Waals surface area (Å²) in [7, 11) is -3.98. The lowest BCUT2D eigenvalue weighted by Crippen LogP contribution is -2.28. The summed E-state index contributed by atoms with van der Waals surface area (Å²) in [4.78, 5) is 9.97. The molecule has 0 bridgehead atoms. The number of primary sulfonamides is 1. The zero-order valence-corrected chi connectivity index (χ0v) is 11.4. The zero-order valence-electron chi connectivity index (χ0n) is 10.6. The number of hydrogen-bond acceptors (Lipinski definition) is 6. The van der Waals surface area contributed by atoms with Crippen molar-refractivity contribution in [3.63, 3.8) is 0 Å². The van der Waals surface area contributed by atoms with Gasteiger partial charge in [-0.2, -0.15) is 0 Å². The van der Waals surface area contributed by atoms with Crippen LogP contribution in [0.5, 0.6) is 5.75 Å². The smallest absolute Gasteiger partial charge is 0.312 e. The first-order valence-electron chi connectivity index (χ1n) is 6.05. The molecular formula is C11H15N3O5S. The first-order valence-corrected chi connectivity index (χ1v) is 7.60. The molecule has 20 heavy (non-hydrogen) atoms. The van der Waals surface area contributed by atoms with Crippen LogP contribution < -0.4 is 15.2 Å². The molecule has 1 fully saturated rings. The molecule has 1 aliphatic heterocycles. The molecule has 1 aromatic rings. The minimum atomic E-state index is -3.98. The van der Waals surface area contributed by atoms with E-state index in [1.54, 1.807) is 0 Å². The molecule has 0 saturated carbocycles. The molecule has 1 unspecified atom stereocenters. The molecule has 0 radical (unpaired) electrons. The normalized spacial score (nSPS) is 18.9. The van der Waals surface area contributed by atoms with Crippen molar-refractivity contribution in [2.75, 3.05) is 13.2 Å². The highest BCUT2D eigenvalue weighted by Crippen LogP contribution is 2.29. The molecule has 1 aromatic carbocycles. The van der Waals surface area contributed by atoms with Crippen LogP contribution in [0.4, 0.5) is 5.69 Å². The van der Waals surface area contributed by atoms with Crippen molar-refractivity contribution in [1.29, 1.82) is 0 Å². The number of nitrogens with one attached hydrogen (secondary N) is 1. The second kappa shape index (κ2) is 5.73. The summed E-state index contributed by atoms with van der Waals surface area (Å²) >= 11 is 0. The summed E-state index contributed by atoms with van der Waals surface area (Å²) < 4.78 is 27.8. The Bertz CT molecular complexity index is 610. The number of nitrogens with two attached hydrogens (primary N) is 1. The molecule has 3 N–H and O–H groups in total. The third-order valence-corrected chi connectivity index (χ3v) is 3.97. The summed E-state index contributed by atoms with van der Waals surface area (Å²) in [5.41, 5.74) is -0.408. The van der Waals surface area contributed by atoms with Gasteiger partial charge < -0.3 is 10.1 Å². The number of nitro benzene ring substituents is 1.